The maximum atomic E-state index is 4.16. The molecule has 4 nitrogen and oxygen atoms in total. The summed E-state index contributed by atoms with van der Waals surface area (Å²) in [6, 6.07) is 11.2. The summed E-state index contributed by atoms with van der Waals surface area (Å²) in [4.78, 5) is 6.65. The molecule has 0 amide bonds. The van der Waals surface area contributed by atoms with Crippen LogP contribution in [0.15, 0.2) is 42.9 Å². The third-order valence-corrected chi connectivity index (χ3v) is 4.00. The van der Waals surface area contributed by atoms with Gasteiger partial charge in [0.05, 0.1) is 12.0 Å². The zero-order valence-corrected chi connectivity index (χ0v) is 13.3. The standard InChI is InChI=1S/C17H26N4/c1-4-21(5-2)17(15-9-7-6-8-10-15)13-18-11-16-12-19-14-20(16)3/h6-10,12,14,17-18H,4-5,11,13H2,1-3H3. The van der Waals surface area contributed by atoms with Gasteiger partial charge in [-0.2, -0.15) is 0 Å². The molecule has 0 aliphatic rings. The Morgan fingerprint density at radius 1 is 1.19 bits per heavy atom. The van der Waals surface area contributed by atoms with Crippen LogP contribution in [-0.4, -0.2) is 34.1 Å². The molecule has 0 bridgehead atoms. The second-order valence-corrected chi connectivity index (χ2v) is 5.27. The van der Waals surface area contributed by atoms with Crippen molar-refractivity contribution in [1.29, 1.82) is 0 Å². The molecule has 1 heterocycles. The minimum atomic E-state index is 0.412. The first-order valence-electron chi connectivity index (χ1n) is 7.71. The monoisotopic (exact) mass is 286 g/mol. The van der Waals surface area contributed by atoms with Crippen molar-refractivity contribution in [3.63, 3.8) is 0 Å². The van der Waals surface area contributed by atoms with E-state index in [1.54, 1.807) is 0 Å². The lowest BCUT2D eigenvalue weighted by atomic mass is 10.1. The molecule has 1 N–H and O–H groups in total. The maximum Gasteiger partial charge on any atom is 0.0945 e. The molecule has 0 spiro atoms. The molecule has 114 valence electrons. The summed E-state index contributed by atoms with van der Waals surface area (Å²) in [6.07, 6.45) is 3.76. The number of hydrogen-bond acceptors (Lipinski definition) is 3. The molecule has 1 aromatic heterocycles. The van der Waals surface area contributed by atoms with Crippen LogP contribution in [0, 0.1) is 0 Å². The van der Waals surface area contributed by atoms with Gasteiger partial charge >= 0.3 is 0 Å². The quantitative estimate of drug-likeness (QED) is 0.810. The number of aryl methyl sites for hydroxylation is 1. The molecular weight excluding hydrogens is 260 g/mol. The summed E-state index contributed by atoms with van der Waals surface area (Å²) in [5, 5.41) is 3.57. The van der Waals surface area contributed by atoms with Gasteiger partial charge in [0.25, 0.3) is 0 Å². The van der Waals surface area contributed by atoms with Gasteiger partial charge in [0.1, 0.15) is 0 Å². The summed E-state index contributed by atoms with van der Waals surface area (Å²) in [6.45, 7) is 8.35. The number of imidazole rings is 1. The van der Waals surface area contributed by atoms with Gasteiger partial charge in [0.15, 0.2) is 0 Å². The average Bonchev–Trinajstić information content (AvgIpc) is 2.93. The molecule has 21 heavy (non-hydrogen) atoms. The minimum Gasteiger partial charge on any atom is -0.337 e. The van der Waals surface area contributed by atoms with Crippen LogP contribution >= 0.6 is 0 Å². The van der Waals surface area contributed by atoms with E-state index in [1.807, 2.05) is 19.6 Å². The topological polar surface area (TPSA) is 33.1 Å². The predicted molar refractivity (Wildman–Crippen MR) is 87.0 cm³/mol. The van der Waals surface area contributed by atoms with Crippen LogP contribution in [0.4, 0.5) is 0 Å². The number of benzene rings is 1. The highest BCUT2D eigenvalue weighted by Gasteiger charge is 2.17. The Kier molecular flexibility index (Phi) is 5.96. The summed E-state index contributed by atoms with van der Waals surface area (Å²) in [5.74, 6) is 0. The van der Waals surface area contributed by atoms with E-state index in [0.717, 1.165) is 26.2 Å². The Hall–Kier alpha value is -1.65. The van der Waals surface area contributed by atoms with Gasteiger partial charge in [0, 0.05) is 32.4 Å². The zero-order chi connectivity index (χ0) is 15.1. The van der Waals surface area contributed by atoms with Gasteiger partial charge in [-0.1, -0.05) is 44.2 Å². The van der Waals surface area contributed by atoms with Crippen LogP contribution in [0.25, 0.3) is 0 Å². The van der Waals surface area contributed by atoms with Crippen LogP contribution in [0.1, 0.15) is 31.1 Å². The second-order valence-electron chi connectivity index (χ2n) is 5.27. The highest BCUT2D eigenvalue weighted by Crippen LogP contribution is 2.19. The first-order valence-corrected chi connectivity index (χ1v) is 7.71. The van der Waals surface area contributed by atoms with Gasteiger partial charge in [-0.15, -0.1) is 0 Å². The van der Waals surface area contributed by atoms with E-state index >= 15 is 0 Å². The van der Waals surface area contributed by atoms with E-state index in [0.29, 0.717) is 6.04 Å². The van der Waals surface area contributed by atoms with Crippen LogP contribution in [0.5, 0.6) is 0 Å². The normalized spacial score (nSPS) is 12.8. The van der Waals surface area contributed by atoms with Crippen molar-refractivity contribution in [2.45, 2.75) is 26.4 Å². The summed E-state index contributed by atoms with van der Waals surface area (Å²) in [7, 11) is 2.03. The fraction of sp³-hybridized carbons (Fsp3) is 0.471. The molecule has 4 heteroatoms. The van der Waals surface area contributed by atoms with E-state index in [9.17, 15) is 0 Å². The molecular formula is C17H26N4. The van der Waals surface area contributed by atoms with Crippen LogP contribution in [0.3, 0.4) is 0 Å². The fourth-order valence-electron chi connectivity index (χ4n) is 2.69. The number of nitrogens with zero attached hydrogens (tertiary/aromatic N) is 3. The first kappa shape index (κ1) is 15.7. The van der Waals surface area contributed by atoms with Gasteiger partial charge in [-0.25, -0.2) is 4.98 Å². The maximum absolute atomic E-state index is 4.16. The van der Waals surface area contributed by atoms with Crippen LogP contribution in [-0.2, 0) is 13.6 Å². The zero-order valence-electron chi connectivity index (χ0n) is 13.3. The lowest BCUT2D eigenvalue weighted by Gasteiger charge is -2.30. The van der Waals surface area contributed by atoms with Crippen molar-refractivity contribution >= 4 is 0 Å². The van der Waals surface area contributed by atoms with Crippen molar-refractivity contribution in [2.24, 2.45) is 7.05 Å². The molecule has 1 atom stereocenters. The molecule has 1 aromatic carbocycles. The first-order chi connectivity index (χ1) is 10.3. The van der Waals surface area contributed by atoms with E-state index in [2.05, 4.69) is 63.9 Å². The van der Waals surface area contributed by atoms with Gasteiger partial charge in [0.2, 0.25) is 0 Å². The van der Waals surface area contributed by atoms with Crippen LogP contribution < -0.4 is 5.32 Å². The molecule has 2 rings (SSSR count). The molecule has 2 aromatic rings. The minimum absolute atomic E-state index is 0.412. The molecule has 0 aliphatic heterocycles. The third-order valence-electron chi connectivity index (χ3n) is 4.00. The largest absolute Gasteiger partial charge is 0.337 e. The van der Waals surface area contributed by atoms with Crippen LogP contribution in [0.2, 0.25) is 0 Å². The second kappa shape index (κ2) is 7.96. The number of nitrogens with one attached hydrogen (secondary N) is 1. The van der Waals surface area contributed by atoms with Gasteiger partial charge in [-0.3, -0.25) is 4.90 Å². The lowest BCUT2D eigenvalue weighted by molar-refractivity contribution is 0.212. The number of rotatable bonds is 8. The Morgan fingerprint density at radius 3 is 2.48 bits per heavy atom. The smallest absolute Gasteiger partial charge is 0.0945 e. The fourth-order valence-corrected chi connectivity index (χ4v) is 2.69. The molecule has 0 saturated carbocycles. The summed E-state index contributed by atoms with van der Waals surface area (Å²) >= 11 is 0. The molecule has 0 radical (unpaired) electrons. The van der Waals surface area contributed by atoms with Crippen molar-refractivity contribution in [3.05, 3.63) is 54.1 Å². The third kappa shape index (κ3) is 4.16. The predicted octanol–water partition coefficient (Wildman–Crippen LogP) is 2.59. The molecule has 0 saturated heterocycles. The van der Waals surface area contributed by atoms with Gasteiger partial charge in [-0.05, 0) is 18.7 Å². The highest BCUT2D eigenvalue weighted by atomic mass is 15.2. The highest BCUT2D eigenvalue weighted by molar-refractivity contribution is 5.19. The van der Waals surface area contributed by atoms with Crippen molar-refractivity contribution in [1.82, 2.24) is 19.8 Å². The number of aromatic nitrogens is 2. The SMILES string of the molecule is CCN(CC)C(CNCc1cncn1C)c1ccccc1. The van der Waals surface area contributed by atoms with E-state index in [-0.39, 0.29) is 0 Å². The van der Waals surface area contributed by atoms with E-state index in [1.165, 1.54) is 11.3 Å². The summed E-state index contributed by atoms with van der Waals surface area (Å²) < 4.78 is 2.06. The van der Waals surface area contributed by atoms with E-state index < -0.39 is 0 Å². The Bertz CT molecular complexity index is 517. The molecule has 0 fully saturated rings. The van der Waals surface area contributed by atoms with Crippen molar-refractivity contribution in [2.75, 3.05) is 19.6 Å². The average molecular weight is 286 g/mol. The van der Waals surface area contributed by atoms with Crippen molar-refractivity contribution < 1.29 is 0 Å². The van der Waals surface area contributed by atoms with E-state index in [4.69, 9.17) is 0 Å². The Morgan fingerprint density at radius 2 is 1.90 bits per heavy atom. The summed E-state index contributed by atoms with van der Waals surface area (Å²) in [5.41, 5.74) is 2.58. The lowest BCUT2D eigenvalue weighted by Crippen LogP contribution is -2.35. The Labute approximate surface area is 127 Å². The van der Waals surface area contributed by atoms with Gasteiger partial charge < -0.3 is 9.88 Å². The molecule has 0 aliphatic carbocycles. The number of likely N-dealkylation sites (N-methyl/N-ethyl adjacent to an activating group) is 1. The molecule has 1 unspecified atom stereocenters. The van der Waals surface area contributed by atoms with Crippen molar-refractivity contribution in [3.8, 4) is 0 Å². The Balaban J connectivity index is 2.01. The number of hydrogen-bond donors (Lipinski definition) is 1.